The van der Waals surface area contributed by atoms with Gasteiger partial charge in [-0.3, -0.25) is 14.9 Å². The maximum absolute atomic E-state index is 12.0. The predicted molar refractivity (Wildman–Crippen MR) is 82.2 cm³/mol. The first-order valence-electron chi connectivity index (χ1n) is 6.82. The summed E-state index contributed by atoms with van der Waals surface area (Å²) in [5.74, 6) is -0.117. The zero-order valence-corrected chi connectivity index (χ0v) is 12.7. The molecule has 7 nitrogen and oxygen atoms in total. The van der Waals surface area contributed by atoms with Gasteiger partial charge in [0.2, 0.25) is 5.91 Å². The fourth-order valence-electron chi connectivity index (χ4n) is 2.05. The van der Waals surface area contributed by atoms with Crippen LogP contribution in [0.4, 0.5) is 5.69 Å². The van der Waals surface area contributed by atoms with Gasteiger partial charge in [-0.1, -0.05) is 0 Å². The first-order chi connectivity index (χ1) is 10.3. The Morgan fingerprint density at radius 3 is 2.50 bits per heavy atom. The molecule has 0 spiro atoms. The summed E-state index contributed by atoms with van der Waals surface area (Å²) >= 11 is 0. The zero-order valence-electron chi connectivity index (χ0n) is 12.7. The third-order valence-corrected chi connectivity index (χ3v) is 2.91. The quantitative estimate of drug-likeness (QED) is 0.693. The topological polar surface area (TPSA) is 90.1 Å². The lowest BCUT2D eigenvalue weighted by Gasteiger charge is -2.21. The summed E-state index contributed by atoms with van der Waals surface area (Å²) in [4.78, 5) is 26.3. The van der Waals surface area contributed by atoms with Crippen molar-refractivity contribution in [3.63, 3.8) is 0 Å². The minimum absolute atomic E-state index is 0.0280. The minimum Gasteiger partial charge on any atom is -0.350 e. The number of amides is 1. The average Bonchev–Trinajstić information content (AvgIpc) is 2.84. The van der Waals surface area contributed by atoms with Gasteiger partial charge in [0.15, 0.2) is 0 Å². The number of carbonyl (C=O) groups excluding carboxylic acids is 1. The zero-order chi connectivity index (χ0) is 16.3. The van der Waals surface area contributed by atoms with E-state index in [2.05, 4.69) is 10.3 Å². The van der Waals surface area contributed by atoms with E-state index in [0.717, 1.165) is 11.3 Å². The van der Waals surface area contributed by atoms with Crippen molar-refractivity contribution in [2.75, 3.05) is 0 Å². The van der Waals surface area contributed by atoms with E-state index < -0.39 is 4.92 Å². The number of nitro groups is 1. The Hall–Kier alpha value is -2.70. The van der Waals surface area contributed by atoms with Crippen LogP contribution in [0.5, 0.6) is 0 Å². The first kappa shape index (κ1) is 15.7. The van der Waals surface area contributed by atoms with Crippen LogP contribution in [-0.2, 0) is 11.3 Å². The average molecular weight is 302 g/mol. The largest absolute Gasteiger partial charge is 0.350 e. The highest BCUT2D eigenvalue weighted by Gasteiger charge is 2.16. The Kier molecular flexibility index (Phi) is 4.25. The van der Waals surface area contributed by atoms with Crippen LogP contribution in [0.1, 0.15) is 20.8 Å². The highest BCUT2D eigenvalue weighted by atomic mass is 16.6. The van der Waals surface area contributed by atoms with Crippen LogP contribution in [-0.4, -0.2) is 25.9 Å². The number of nitrogens with zero attached hydrogens (tertiary/aromatic N) is 3. The molecule has 1 heterocycles. The van der Waals surface area contributed by atoms with Crippen LogP contribution in [0.3, 0.4) is 0 Å². The van der Waals surface area contributed by atoms with Gasteiger partial charge in [0, 0.05) is 23.2 Å². The molecule has 0 aliphatic heterocycles. The molecule has 2 aromatic rings. The lowest BCUT2D eigenvalue weighted by Crippen LogP contribution is -2.42. The third kappa shape index (κ3) is 3.91. The van der Waals surface area contributed by atoms with Gasteiger partial charge >= 0.3 is 0 Å². The van der Waals surface area contributed by atoms with E-state index in [1.54, 1.807) is 29.2 Å². The second-order valence-corrected chi connectivity index (χ2v) is 6.01. The molecule has 22 heavy (non-hydrogen) atoms. The first-order valence-corrected chi connectivity index (χ1v) is 6.82. The lowest BCUT2D eigenvalue weighted by molar-refractivity contribution is -0.384. The molecule has 7 heteroatoms. The Morgan fingerprint density at radius 2 is 1.95 bits per heavy atom. The van der Waals surface area contributed by atoms with Gasteiger partial charge in [-0.15, -0.1) is 0 Å². The monoisotopic (exact) mass is 302 g/mol. The lowest BCUT2D eigenvalue weighted by atomic mass is 10.1. The molecule has 1 aromatic heterocycles. The van der Waals surface area contributed by atoms with Gasteiger partial charge in [0.25, 0.3) is 5.69 Å². The second-order valence-electron chi connectivity index (χ2n) is 6.01. The van der Waals surface area contributed by atoms with Crippen molar-refractivity contribution < 1.29 is 9.72 Å². The number of nitro benzene ring substituents is 1. The molecule has 0 atom stereocenters. The van der Waals surface area contributed by atoms with Crippen molar-refractivity contribution >= 4 is 11.6 Å². The van der Waals surface area contributed by atoms with Gasteiger partial charge in [0.1, 0.15) is 6.54 Å². The summed E-state index contributed by atoms with van der Waals surface area (Å²) in [6.07, 6.45) is 3.20. The molecular formula is C15H18N4O3. The van der Waals surface area contributed by atoms with Gasteiger partial charge in [-0.2, -0.15) is 0 Å². The number of hydrogen-bond donors (Lipinski definition) is 1. The number of carbonyl (C=O) groups is 1. The Bertz CT molecular complexity index is 684. The van der Waals surface area contributed by atoms with Crippen LogP contribution in [0.15, 0.2) is 36.8 Å². The number of aromatic nitrogens is 2. The number of rotatable bonds is 4. The van der Waals surface area contributed by atoms with E-state index >= 15 is 0 Å². The fourth-order valence-corrected chi connectivity index (χ4v) is 2.05. The Balaban J connectivity index is 2.19. The molecule has 1 amide bonds. The molecule has 0 aliphatic rings. The van der Waals surface area contributed by atoms with E-state index in [1.807, 2.05) is 20.8 Å². The molecule has 0 aliphatic carbocycles. The molecule has 0 saturated carbocycles. The Labute approximate surface area is 128 Å². The molecule has 0 bridgehead atoms. The number of hydrogen-bond acceptors (Lipinski definition) is 4. The number of benzene rings is 1. The van der Waals surface area contributed by atoms with Crippen LogP contribution in [0.25, 0.3) is 11.3 Å². The summed E-state index contributed by atoms with van der Waals surface area (Å²) in [7, 11) is 0. The van der Waals surface area contributed by atoms with Gasteiger partial charge in [0.05, 0.1) is 23.1 Å². The molecule has 0 fully saturated rings. The van der Waals surface area contributed by atoms with Crippen LogP contribution in [0, 0.1) is 10.1 Å². The van der Waals surface area contributed by atoms with Crippen molar-refractivity contribution in [1.29, 1.82) is 0 Å². The smallest absolute Gasteiger partial charge is 0.269 e. The third-order valence-electron chi connectivity index (χ3n) is 2.91. The second kappa shape index (κ2) is 5.97. The van der Waals surface area contributed by atoms with E-state index in [-0.39, 0.29) is 23.7 Å². The fraction of sp³-hybridized carbons (Fsp3) is 0.333. The predicted octanol–water partition coefficient (Wildman–Crippen LogP) is 2.37. The van der Waals surface area contributed by atoms with Gasteiger partial charge in [-0.25, -0.2) is 4.98 Å². The number of non-ortho nitro benzene ring substituents is 1. The van der Waals surface area contributed by atoms with Crippen molar-refractivity contribution in [2.24, 2.45) is 0 Å². The SMILES string of the molecule is CC(C)(C)NC(=O)Cn1cncc1-c1ccc([N+](=O)[O-])cc1. The number of nitrogens with one attached hydrogen (secondary N) is 1. The van der Waals surface area contributed by atoms with Gasteiger partial charge in [-0.05, 0) is 32.9 Å². The Morgan fingerprint density at radius 1 is 1.32 bits per heavy atom. The van der Waals surface area contributed by atoms with E-state index in [4.69, 9.17) is 0 Å². The molecule has 2 rings (SSSR count). The minimum atomic E-state index is -0.447. The molecule has 0 radical (unpaired) electrons. The summed E-state index contributed by atoms with van der Waals surface area (Å²) in [6.45, 7) is 5.88. The van der Waals surface area contributed by atoms with E-state index in [0.29, 0.717) is 0 Å². The van der Waals surface area contributed by atoms with E-state index in [1.165, 1.54) is 12.1 Å². The summed E-state index contributed by atoms with van der Waals surface area (Å²) in [5, 5.41) is 13.6. The normalized spacial score (nSPS) is 11.2. The van der Waals surface area contributed by atoms with Crippen LogP contribution in [0.2, 0.25) is 0 Å². The van der Waals surface area contributed by atoms with Crippen molar-refractivity contribution in [2.45, 2.75) is 32.9 Å². The molecule has 1 aromatic carbocycles. The van der Waals surface area contributed by atoms with Crippen molar-refractivity contribution in [3.05, 3.63) is 46.9 Å². The molecule has 116 valence electrons. The standard InChI is InChI=1S/C15H18N4O3/c1-15(2,3)17-14(20)9-18-10-16-8-13(18)11-4-6-12(7-5-11)19(21)22/h4-8,10H,9H2,1-3H3,(H,17,20). The molecule has 1 N–H and O–H groups in total. The maximum atomic E-state index is 12.0. The molecule has 0 saturated heterocycles. The van der Waals surface area contributed by atoms with Crippen LogP contribution < -0.4 is 5.32 Å². The highest BCUT2D eigenvalue weighted by Crippen LogP contribution is 2.22. The molecular weight excluding hydrogens is 284 g/mol. The van der Waals surface area contributed by atoms with Gasteiger partial charge < -0.3 is 9.88 Å². The maximum Gasteiger partial charge on any atom is 0.269 e. The summed E-state index contributed by atoms with van der Waals surface area (Å²) in [6, 6.07) is 6.16. The summed E-state index contributed by atoms with van der Waals surface area (Å²) < 4.78 is 1.71. The molecule has 0 unspecified atom stereocenters. The summed E-state index contributed by atoms with van der Waals surface area (Å²) in [5.41, 5.74) is 1.23. The van der Waals surface area contributed by atoms with Crippen molar-refractivity contribution in [1.82, 2.24) is 14.9 Å². The van der Waals surface area contributed by atoms with Crippen LogP contribution >= 0.6 is 0 Å². The number of imidazole rings is 1. The van der Waals surface area contributed by atoms with Crippen molar-refractivity contribution in [3.8, 4) is 11.3 Å². The van der Waals surface area contributed by atoms with E-state index in [9.17, 15) is 14.9 Å². The highest BCUT2D eigenvalue weighted by molar-refractivity contribution is 5.77.